The predicted molar refractivity (Wildman–Crippen MR) is 133 cm³/mol. The summed E-state index contributed by atoms with van der Waals surface area (Å²) in [6.45, 7) is 8.56. The second kappa shape index (κ2) is 11.2. The zero-order valence-electron chi connectivity index (χ0n) is 20.5. The van der Waals surface area contributed by atoms with Gasteiger partial charge in [0.25, 0.3) is 0 Å². The van der Waals surface area contributed by atoms with Crippen LogP contribution in [0.3, 0.4) is 0 Å². The van der Waals surface area contributed by atoms with Gasteiger partial charge < -0.3 is 9.84 Å². The molecule has 1 aliphatic carbocycles. The van der Waals surface area contributed by atoms with Crippen LogP contribution in [0.5, 0.6) is 11.6 Å². The lowest BCUT2D eigenvalue weighted by molar-refractivity contribution is 0.0976. The van der Waals surface area contributed by atoms with Crippen molar-refractivity contribution >= 4 is 0 Å². The van der Waals surface area contributed by atoms with Crippen LogP contribution in [0.4, 0.5) is 4.39 Å². The second-order valence-corrected chi connectivity index (χ2v) is 9.71. The van der Waals surface area contributed by atoms with Gasteiger partial charge >= 0.3 is 0 Å². The highest BCUT2D eigenvalue weighted by molar-refractivity contribution is 5.44. The highest BCUT2D eigenvalue weighted by atomic mass is 19.1. The first-order valence-corrected chi connectivity index (χ1v) is 12.5. The van der Waals surface area contributed by atoms with Gasteiger partial charge in [-0.25, -0.2) is 9.07 Å². The number of hydrogen-bond acceptors (Lipinski definition) is 4. The third-order valence-corrected chi connectivity index (χ3v) is 6.21. The van der Waals surface area contributed by atoms with Gasteiger partial charge in [0, 0.05) is 25.7 Å². The van der Waals surface area contributed by atoms with Crippen LogP contribution in [0.25, 0.3) is 5.69 Å². The van der Waals surface area contributed by atoms with Crippen molar-refractivity contribution in [3.63, 3.8) is 0 Å². The molecule has 3 aromatic rings. The molecule has 182 valence electrons. The molecule has 0 saturated heterocycles. The first-order valence-electron chi connectivity index (χ1n) is 12.5. The van der Waals surface area contributed by atoms with Crippen LogP contribution >= 0.6 is 0 Å². The molecule has 1 N–H and O–H groups in total. The van der Waals surface area contributed by atoms with Crippen LogP contribution in [0.1, 0.15) is 63.6 Å². The highest BCUT2D eigenvalue weighted by Gasteiger charge is 2.29. The number of halogens is 1. The number of aliphatic hydroxyl groups excluding tert-OH is 1. The summed E-state index contributed by atoms with van der Waals surface area (Å²) in [7, 11) is 0. The number of para-hydroxylation sites is 1. The maximum Gasteiger partial charge on any atom is 0.227 e. The molecule has 0 unspecified atom stereocenters. The summed E-state index contributed by atoms with van der Waals surface area (Å²) in [4.78, 5) is 2.34. The Labute approximate surface area is 202 Å². The standard InChI is InChI=1S/C28H36FN3O2/c1-4-9-24(33)18-31(17-21-14-15-21)19-26-27(20(2)3)30-32(23-11-6-5-7-12-23)28(26)34-25-13-8-10-22(29)16-25/h5-8,10-13,16,20-21,24,33H,4,9,14-15,17-19H2,1-3H3/t24-/m1/s1. The Morgan fingerprint density at radius 1 is 1.15 bits per heavy atom. The van der Waals surface area contributed by atoms with Gasteiger partial charge in [-0.1, -0.05) is 51.5 Å². The lowest BCUT2D eigenvalue weighted by Crippen LogP contribution is -2.34. The van der Waals surface area contributed by atoms with E-state index in [0.717, 1.165) is 36.3 Å². The maximum atomic E-state index is 14.0. The topological polar surface area (TPSA) is 50.5 Å². The monoisotopic (exact) mass is 465 g/mol. The lowest BCUT2D eigenvalue weighted by atomic mass is 10.0. The van der Waals surface area contributed by atoms with Crippen molar-refractivity contribution in [2.75, 3.05) is 13.1 Å². The molecule has 1 atom stereocenters. The minimum atomic E-state index is -0.358. The molecule has 4 rings (SSSR count). The fraction of sp³-hybridized carbons (Fsp3) is 0.464. The molecule has 0 aliphatic heterocycles. The Balaban J connectivity index is 1.75. The third kappa shape index (κ3) is 6.24. The van der Waals surface area contributed by atoms with E-state index in [2.05, 4.69) is 25.7 Å². The van der Waals surface area contributed by atoms with Gasteiger partial charge in [0.1, 0.15) is 11.6 Å². The molecule has 6 heteroatoms. The third-order valence-electron chi connectivity index (χ3n) is 6.21. The average molecular weight is 466 g/mol. The number of ether oxygens (including phenoxy) is 1. The molecule has 34 heavy (non-hydrogen) atoms. The number of aromatic nitrogens is 2. The first-order chi connectivity index (χ1) is 16.4. The summed E-state index contributed by atoms with van der Waals surface area (Å²) in [5, 5.41) is 15.6. The van der Waals surface area contributed by atoms with Crippen molar-refractivity contribution in [3.8, 4) is 17.3 Å². The van der Waals surface area contributed by atoms with E-state index in [1.165, 1.54) is 25.0 Å². The summed E-state index contributed by atoms with van der Waals surface area (Å²) in [5.74, 6) is 1.57. The Morgan fingerprint density at radius 2 is 1.91 bits per heavy atom. The van der Waals surface area contributed by atoms with Crippen molar-refractivity contribution in [2.45, 2.75) is 65.0 Å². The van der Waals surface area contributed by atoms with Gasteiger partial charge in [0.15, 0.2) is 0 Å². The average Bonchev–Trinajstić information content (AvgIpc) is 3.55. The van der Waals surface area contributed by atoms with Crippen molar-refractivity contribution in [2.24, 2.45) is 5.92 Å². The van der Waals surface area contributed by atoms with Crippen LogP contribution in [-0.4, -0.2) is 39.0 Å². The molecule has 2 aromatic carbocycles. The van der Waals surface area contributed by atoms with Crippen molar-refractivity contribution in [1.82, 2.24) is 14.7 Å². The predicted octanol–water partition coefficient (Wildman–Crippen LogP) is 6.30. The largest absolute Gasteiger partial charge is 0.438 e. The summed E-state index contributed by atoms with van der Waals surface area (Å²) < 4.78 is 22.1. The maximum absolute atomic E-state index is 14.0. The van der Waals surface area contributed by atoms with Gasteiger partial charge in [0.2, 0.25) is 5.88 Å². The fourth-order valence-corrected chi connectivity index (χ4v) is 4.37. The van der Waals surface area contributed by atoms with E-state index in [1.54, 1.807) is 12.1 Å². The van der Waals surface area contributed by atoms with Gasteiger partial charge in [-0.05, 0) is 55.4 Å². The van der Waals surface area contributed by atoms with Crippen LogP contribution in [0.15, 0.2) is 54.6 Å². The molecule has 1 heterocycles. The zero-order chi connectivity index (χ0) is 24.1. The quantitative estimate of drug-likeness (QED) is 0.341. The molecule has 1 fully saturated rings. The Bertz CT molecular complexity index is 1060. The molecule has 0 amide bonds. The van der Waals surface area contributed by atoms with Crippen LogP contribution in [0.2, 0.25) is 0 Å². The summed E-state index contributed by atoms with van der Waals surface area (Å²) in [6, 6.07) is 16.1. The van der Waals surface area contributed by atoms with Crippen LogP contribution < -0.4 is 4.74 Å². The van der Waals surface area contributed by atoms with E-state index in [9.17, 15) is 9.50 Å². The smallest absolute Gasteiger partial charge is 0.227 e. The molecule has 1 saturated carbocycles. The van der Waals surface area contributed by atoms with E-state index >= 15 is 0 Å². The number of hydrogen-bond donors (Lipinski definition) is 1. The molecular weight excluding hydrogens is 429 g/mol. The van der Waals surface area contributed by atoms with E-state index in [1.807, 2.05) is 35.0 Å². The molecule has 0 radical (unpaired) electrons. The second-order valence-electron chi connectivity index (χ2n) is 9.71. The number of nitrogens with zero attached hydrogens (tertiary/aromatic N) is 3. The van der Waals surface area contributed by atoms with E-state index in [4.69, 9.17) is 9.84 Å². The highest BCUT2D eigenvalue weighted by Crippen LogP contribution is 2.36. The van der Waals surface area contributed by atoms with Crippen LogP contribution in [0, 0.1) is 11.7 Å². The zero-order valence-corrected chi connectivity index (χ0v) is 20.5. The Hall–Kier alpha value is -2.70. The van der Waals surface area contributed by atoms with Gasteiger partial charge in [-0.2, -0.15) is 5.10 Å². The molecule has 1 aliphatic rings. The number of benzene rings is 2. The lowest BCUT2D eigenvalue weighted by Gasteiger charge is -2.26. The molecule has 0 spiro atoms. The van der Waals surface area contributed by atoms with Crippen LogP contribution in [-0.2, 0) is 6.54 Å². The Kier molecular flexibility index (Phi) is 8.01. The SMILES string of the molecule is CCC[C@@H](O)CN(Cc1c(C(C)C)nn(-c2ccccc2)c1Oc1cccc(F)c1)CC1CC1. The van der Waals surface area contributed by atoms with Crippen molar-refractivity contribution < 1.29 is 14.2 Å². The van der Waals surface area contributed by atoms with Gasteiger partial charge in [-0.3, -0.25) is 4.90 Å². The van der Waals surface area contributed by atoms with Gasteiger partial charge in [0.05, 0.1) is 23.0 Å². The van der Waals surface area contributed by atoms with Crippen molar-refractivity contribution in [3.05, 3.63) is 71.7 Å². The minimum Gasteiger partial charge on any atom is -0.438 e. The first kappa shape index (κ1) is 24.4. The van der Waals surface area contributed by atoms with Gasteiger partial charge in [-0.15, -0.1) is 0 Å². The molecule has 1 aromatic heterocycles. The number of rotatable bonds is 12. The fourth-order valence-electron chi connectivity index (χ4n) is 4.37. The summed E-state index contributed by atoms with van der Waals surface area (Å²) >= 11 is 0. The normalized spacial score (nSPS) is 14.7. The minimum absolute atomic E-state index is 0.179. The van der Waals surface area contributed by atoms with E-state index in [-0.39, 0.29) is 17.8 Å². The molecule has 5 nitrogen and oxygen atoms in total. The number of aliphatic hydroxyl groups is 1. The molecular formula is C28H36FN3O2. The summed E-state index contributed by atoms with van der Waals surface area (Å²) in [5.41, 5.74) is 2.84. The van der Waals surface area contributed by atoms with Crippen molar-refractivity contribution in [1.29, 1.82) is 0 Å². The molecule has 0 bridgehead atoms. The summed E-state index contributed by atoms with van der Waals surface area (Å²) in [6.07, 6.45) is 3.87. The Morgan fingerprint density at radius 3 is 2.56 bits per heavy atom. The van der Waals surface area contributed by atoms with E-state index in [0.29, 0.717) is 30.6 Å². The van der Waals surface area contributed by atoms with E-state index < -0.39 is 0 Å².